The molecule has 0 atom stereocenters. The lowest BCUT2D eigenvalue weighted by molar-refractivity contribution is 0.0474. The average molecular weight is 402 g/mol. The Bertz CT molecular complexity index is 1060. The van der Waals surface area contributed by atoms with E-state index in [-0.39, 0.29) is 11.5 Å². The number of benzene rings is 2. The van der Waals surface area contributed by atoms with Crippen molar-refractivity contribution in [1.29, 1.82) is 0 Å². The normalized spacial score (nSPS) is 15.3. The van der Waals surface area contributed by atoms with E-state index in [0.29, 0.717) is 18.7 Å². The Labute approximate surface area is 162 Å². The minimum atomic E-state index is -3.47. The van der Waals surface area contributed by atoms with Crippen molar-refractivity contribution >= 4 is 37.4 Å². The van der Waals surface area contributed by atoms with E-state index in [1.807, 2.05) is 29.6 Å². The fraction of sp³-hybridized carbons (Fsp3) is 0.250. The van der Waals surface area contributed by atoms with Gasteiger partial charge in [-0.3, -0.25) is 0 Å². The maximum atomic E-state index is 12.5. The van der Waals surface area contributed by atoms with Crippen LogP contribution >= 0.6 is 11.3 Å². The van der Waals surface area contributed by atoms with Crippen molar-refractivity contribution in [1.82, 2.24) is 4.31 Å². The van der Waals surface area contributed by atoms with Crippen molar-refractivity contribution in [2.24, 2.45) is 0 Å². The van der Waals surface area contributed by atoms with Crippen LogP contribution in [-0.4, -0.2) is 31.8 Å². The van der Waals surface area contributed by atoms with E-state index in [9.17, 15) is 13.2 Å². The van der Waals surface area contributed by atoms with Crippen LogP contribution in [0.25, 0.3) is 10.1 Å². The molecule has 3 aromatic rings. The van der Waals surface area contributed by atoms with E-state index in [0.717, 1.165) is 28.5 Å². The second-order valence-corrected chi connectivity index (χ2v) is 9.32. The number of hydrogen-bond donors (Lipinski definition) is 0. The molecule has 0 radical (unpaired) electrons. The smallest absolute Gasteiger partial charge is 0.338 e. The maximum Gasteiger partial charge on any atom is 0.338 e. The van der Waals surface area contributed by atoms with Crippen molar-refractivity contribution in [3.8, 4) is 0 Å². The Morgan fingerprint density at radius 2 is 1.74 bits per heavy atom. The molecule has 140 valence electrons. The van der Waals surface area contributed by atoms with Crippen molar-refractivity contribution < 1.29 is 17.9 Å². The minimum absolute atomic E-state index is 0.191. The number of rotatable bonds is 5. The number of hydrogen-bond acceptors (Lipinski definition) is 5. The molecule has 2 aromatic carbocycles. The van der Waals surface area contributed by atoms with Gasteiger partial charge in [0.2, 0.25) is 10.0 Å². The Morgan fingerprint density at radius 1 is 1.04 bits per heavy atom. The summed E-state index contributed by atoms with van der Waals surface area (Å²) in [6.45, 7) is 1.30. The largest absolute Gasteiger partial charge is 0.457 e. The Morgan fingerprint density at radius 3 is 2.48 bits per heavy atom. The van der Waals surface area contributed by atoms with Gasteiger partial charge in [-0.15, -0.1) is 11.3 Å². The molecular formula is C20H19NO4S2. The molecule has 1 saturated heterocycles. The molecule has 7 heteroatoms. The number of carbonyl (C=O) groups excluding carboxylic acids is 1. The number of ether oxygens (including phenoxy) is 1. The zero-order valence-corrected chi connectivity index (χ0v) is 16.3. The molecule has 5 nitrogen and oxygen atoms in total. The molecule has 27 heavy (non-hydrogen) atoms. The highest BCUT2D eigenvalue weighted by atomic mass is 32.2. The fourth-order valence-electron chi connectivity index (χ4n) is 3.21. The number of fused-ring (bicyclic) bond motifs is 1. The van der Waals surface area contributed by atoms with Crippen LogP contribution in [0.4, 0.5) is 0 Å². The standard InChI is InChI=1S/C20H19NO4S2/c22-20(25-13-16-14-26-19-6-2-1-5-18(16)19)15-7-9-17(10-8-15)27(23,24)21-11-3-4-12-21/h1-2,5-10,14H,3-4,11-13H2. The van der Waals surface area contributed by atoms with Gasteiger partial charge in [-0.2, -0.15) is 4.31 Å². The second-order valence-electron chi connectivity index (χ2n) is 6.47. The quantitative estimate of drug-likeness (QED) is 0.605. The lowest BCUT2D eigenvalue weighted by Gasteiger charge is -2.15. The Kier molecular flexibility index (Phi) is 4.99. The Balaban J connectivity index is 1.45. The van der Waals surface area contributed by atoms with E-state index in [1.54, 1.807) is 11.3 Å². The molecular weight excluding hydrogens is 382 g/mol. The predicted octanol–water partition coefficient (Wildman–Crippen LogP) is 4.04. The third kappa shape index (κ3) is 3.63. The van der Waals surface area contributed by atoms with Crippen LogP contribution in [0.2, 0.25) is 0 Å². The van der Waals surface area contributed by atoms with Gasteiger partial charge in [0.25, 0.3) is 0 Å². The van der Waals surface area contributed by atoms with Gasteiger partial charge in [-0.05, 0) is 53.9 Å². The number of nitrogens with zero attached hydrogens (tertiary/aromatic N) is 1. The highest BCUT2D eigenvalue weighted by molar-refractivity contribution is 7.89. The van der Waals surface area contributed by atoms with Crippen molar-refractivity contribution in [3.05, 3.63) is 65.0 Å². The van der Waals surface area contributed by atoms with Crippen LogP contribution in [0, 0.1) is 0 Å². The van der Waals surface area contributed by atoms with E-state index in [2.05, 4.69) is 0 Å². The molecule has 0 unspecified atom stereocenters. The van der Waals surface area contributed by atoms with Crippen LogP contribution in [-0.2, 0) is 21.4 Å². The van der Waals surface area contributed by atoms with Crippen LogP contribution < -0.4 is 0 Å². The molecule has 0 amide bonds. The van der Waals surface area contributed by atoms with Gasteiger partial charge < -0.3 is 4.74 Å². The molecule has 0 aliphatic carbocycles. The molecule has 1 fully saturated rings. The number of thiophene rings is 1. The Hall–Kier alpha value is -2.22. The zero-order valence-electron chi connectivity index (χ0n) is 14.6. The van der Waals surface area contributed by atoms with Crippen LogP contribution in [0.3, 0.4) is 0 Å². The SMILES string of the molecule is O=C(OCc1csc2ccccc12)c1ccc(S(=O)(=O)N2CCCC2)cc1. The molecule has 1 aliphatic rings. The highest BCUT2D eigenvalue weighted by Crippen LogP contribution is 2.26. The molecule has 1 aliphatic heterocycles. The lowest BCUT2D eigenvalue weighted by Crippen LogP contribution is -2.27. The predicted molar refractivity (Wildman–Crippen MR) is 105 cm³/mol. The first kappa shape index (κ1) is 18.2. The highest BCUT2D eigenvalue weighted by Gasteiger charge is 2.27. The summed E-state index contributed by atoms with van der Waals surface area (Å²) < 4.78 is 33.1. The third-order valence-electron chi connectivity index (χ3n) is 4.71. The summed E-state index contributed by atoms with van der Waals surface area (Å²) in [5, 5.41) is 3.08. The van der Waals surface area contributed by atoms with Crippen molar-refractivity contribution in [2.75, 3.05) is 13.1 Å². The fourth-order valence-corrected chi connectivity index (χ4v) is 5.68. The molecule has 2 heterocycles. The molecule has 4 rings (SSSR count). The minimum Gasteiger partial charge on any atom is -0.457 e. The summed E-state index contributed by atoms with van der Waals surface area (Å²) in [7, 11) is -3.47. The first-order chi connectivity index (χ1) is 13.1. The van der Waals surface area contributed by atoms with Crippen LogP contribution in [0.5, 0.6) is 0 Å². The van der Waals surface area contributed by atoms with Gasteiger partial charge >= 0.3 is 5.97 Å². The number of carbonyl (C=O) groups is 1. The monoisotopic (exact) mass is 401 g/mol. The topological polar surface area (TPSA) is 63.7 Å². The molecule has 0 spiro atoms. The molecule has 0 saturated carbocycles. The lowest BCUT2D eigenvalue weighted by atomic mass is 10.2. The summed E-state index contributed by atoms with van der Waals surface area (Å²) in [6.07, 6.45) is 1.78. The summed E-state index contributed by atoms with van der Waals surface area (Å²) in [5.74, 6) is -0.463. The van der Waals surface area contributed by atoms with E-state index < -0.39 is 16.0 Å². The van der Waals surface area contributed by atoms with Gasteiger partial charge in [0, 0.05) is 23.4 Å². The van der Waals surface area contributed by atoms with E-state index in [4.69, 9.17) is 4.74 Å². The summed E-state index contributed by atoms with van der Waals surface area (Å²) in [6, 6.07) is 14.0. The molecule has 0 bridgehead atoms. The average Bonchev–Trinajstić information content (AvgIpc) is 3.37. The first-order valence-electron chi connectivity index (χ1n) is 8.78. The maximum absolute atomic E-state index is 12.5. The number of esters is 1. The van der Waals surface area contributed by atoms with Gasteiger partial charge in [0.05, 0.1) is 10.5 Å². The van der Waals surface area contributed by atoms with Crippen molar-refractivity contribution in [2.45, 2.75) is 24.3 Å². The van der Waals surface area contributed by atoms with Crippen LogP contribution in [0.1, 0.15) is 28.8 Å². The van der Waals surface area contributed by atoms with Gasteiger partial charge in [-0.25, -0.2) is 13.2 Å². The second kappa shape index (κ2) is 7.42. The first-order valence-corrected chi connectivity index (χ1v) is 11.1. The molecule has 1 aromatic heterocycles. The molecule has 0 N–H and O–H groups in total. The van der Waals surface area contributed by atoms with E-state index in [1.165, 1.54) is 28.6 Å². The third-order valence-corrected chi connectivity index (χ3v) is 7.64. The summed E-state index contributed by atoms with van der Waals surface area (Å²) in [4.78, 5) is 12.5. The summed E-state index contributed by atoms with van der Waals surface area (Å²) >= 11 is 1.62. The van der Waals surface area contributed by atoms with Gasteiger partial charge in [0.1, 0.15) is 6.61 Å². The van der Waals surface area contributed by atoms with Gasteiger partial charge in [0.15, 0.2) is 0 Å². The summed E-state index contributed by atoms with van der Waals surface area (Å²) in [5.41, 5.74) is 1.31. The van der Waals surface area contributed by atoms with Crippen LogP contribution in [0.15, 0.2) is 58.8 Å². The number of sulfonamides is 1. The van der Waals surface area contributed by atoms with Crippen molar-refractivity contribution in [3.63, 3.8) is 0 Å². The van der Waals surface area contributed by atoms with E-state index >= 15 is 0 Å². The van der Waals surface area contributed by atoms with Gasteiger partial charge in [-0.1, -0.05) is 18.2 Å². The zero-order chi connectivity index (χ0) is 18.9.